The maximum Gasteiger partial charge on any atom is 0.412 e. The van der Waals surface area contributed by atoms with Crippen molar-refractivity contribution < 1.29 is 13.6 Å². The minimum absolute atomic E-state index is 0.163. The average molecular weight is 151 g/mol. The number of alkyl carbamates (subject to hydrolysis) is 1. The van der Waals surface area contributed by atoms with Crippen molar-refractivity contribution >= 4 is 23.0 Å². The van der Waals surface area contributed by atoms with Gasteiger partial charge in [0.15, 0.2) is 5.17 Å². The minimum atomic E-state index is -2.76. The van der Waals surface area contributed by atoms with Crippen molar-refractivity contribution in [3.63, 3.8) is 0 Å². The van der Waals surface area contributed by atoms with Gasteiger partial charge in [-0.3, -0.25) is 10.7 Å². The summed E-state index contributed by atoms with van der Waals surface area (Å²) in [5.41, 5.74) is 0. The third kappa shape index (κ3) is 3.84. The van der Waals surface area contributed by atoms with Crippen LogP contribution in [0.2, 0.25) is 0 Å². The Hall–Kier alpha value is -0.710. The van der Waals surface area contributed by atoms with Crippen LogP contribution in [0.5, 0.6) is 0 Å². The molecular weight excluding hydrogens is 140 g/mol. The lowest BCUT2D eigenvalue weighted by atomic mass is 11.0. The number of carbonyl (C=O) groups excluding carboxylic acids is 1. The monoisotopic (exact) mass is 151 g/mol. The Bertz CT molecular complexity index is 193. The van der Waals surface area contributed by atoms with Gasteiger partial charge in [0.05, 0.1) is 11.2 Å². The fourth-order valence-corrected chi connectivity index (χ4v) is 0.355. The van der Waals surface area contributed by atoms with Crippen LogP contribution < -0.4 is 5.32 Å². The van der Waals surface area contributed by atoms with Crippen LogP contribution in [0, 0.1) is 5.41 Å². The molecule has 5 heteroatoms. The van der Waals surface area contributed by atoms with Crippen molar-refractivity contribution in [1.29, 1.82) is 5.41 Å². The van der Waals surface area contributed by atoms with Gasteiger partial charge in [-0.1, -0.05) is 11.8 Å². The third-order valence-corrected chi connectivity index (χ3v) is 1.02. The predicted molar refractivity (Wildman–Crippen MR) is 36.8 cm³/mol. The van der Waals surface area contributed by atoms with Crippen molar-refractivity contribution in [2.24, 2.45) is 0 Å². The van der Waals surface area contributed by atoms with E-state index in [1.807, 2.05) is 5.32 Å². The average Bonchev–Trinajstić information content (AvgIpc) is 1.82. The fourth-order valence-electron chi connectivity index (χ4n) is 0.169. The topological polar surface area (TPSA) is 62.2 Å². The fraction of sp³-hybridized carbons (Fsp3) is 0.500. The predicted octanol–water partition coefficient (Wildman–Crippen LogP) is 0.640. The molecular formula is C4H8N2O2S. The van der Waals surface area contributed by atoms with E-state index < -0.39 is 13.1 Å². The molecule has 0 unspecified atom stereocenters. The Morgan fingerprint density at radius 2 is 2.67 bits per heavy atom. The number of ether oxygens (including phenoxy) is 1. The summed E-state index contributed by atoms with van der Waals surface area (Å²) < 4.78 is 23.5. The number of thioether (sulfide) groups is 1. The van der Waals surface area contributed by atoms with Crippen LogP contribution in [0.3, 0.4) is 0 Å². The van der Waals surface area contributed by atoms with E-state index in [-0.39, 0.29) is 5.17 Å². The number of nitrogens with one attached hydrogen (secondary N) is 2. The first-order chi connectivity index (χ1) is 5.35. The molecule has 0 saturated heterocycles. The van der Waals surface area contributed by atoms with E-state index in [4.69, 9.17) is 9.52 Å². The van der Waals surface area contributed by atoms with Gasteiger partial charge in [-0.15, -0.1) is 0 Å². The highest BCUT2D eigenvalue weighted by molar-refractivity contribution is 8.13. The largest absolute Gasteiger partial charge is 0.453 e. The molecule has 1 amide bonds. The molecule has 0 rings (SSSR count). The molecule has 9 heavy (non-hydrogen) atoms. The lowest BCUT2D eigenvalue weighted by Crippen LogP contribution is -2.26. The lowest BCUT2D eigenvalue weighted by Gasteiger charge is -1.99. The highest BCUT2D eigenvalue weighted by atomic mass is 32.2. The maximum absolute atomic E-state index is 10.6. The van der Waals surface area contributed by atoms with Gasteiger partial charge in [-0.2, -0.15) is 0 Å². The molecule has 0 aromatic carbocycles. The Morgan fingerprint density at radius 1 is 2.00 bits per heavy atom. The summed E-state index contributed by atoms with van der Waals surface area (Å²) in [4.78, 5) is 10.6. The zero-order valence-corrected chi connectivity index (χ0v) is 5.54. The number of hydrogen-bond donors (Lipinski definition) is 2. The Labute approximate surface area is 61.7 Å². The van der Waals surface area contributed by atoms with Gasteiger partial charge in [0, 0.05) is 0 Å². The molecule has 52 valence electrons. The molecule has 0 radical (unpaired) electrons. The van der Waals surface area contributed by atoms with Gasteiger partial charge in [0.25, 0.3) is 0 Å². The molecule has 0 aromatic heterocycles. The van der Waals surface area contributed by atoms with Crippen molar-refractivity contribution in [1.82, 2.24) is 5.32 Å². The number of carbonyl (C=O) groups is 1. The van der Waals surface area contributed by atoms with Crippen LogP contribution in [0.4, 0.5) is 4.79 Å². The van der Waals surface area contributed by atoms with E-state index in [0.29, 0.717) is 0 Å². The smallest absolute Gasteiger partial charge is 0.412 e. The van der Waals surface area contributed by atoms with Gasteiger partial charge in [-0.25, -0.2) is 4.79 Å². The van der Waals surface area contributed by atoms with Crippen LogP contribution in [0.1, 0.15) is 4.11 Å². The number of methoxy groups -OCH3 is 1. The second-order valence-electron chi connectivity index (χ2n) is 1.05. The second kappa shape index (κ2) is 4.20. The van der Waals surface area contributed by atoms with E-state index >= 15 is 0 Å². The summed E-state index contributed by atoms with van der Waals surface area (Å²) in [7, 11) is -2.76. The van der Waals surface area contributed by atoms with Crippen molar-refractivity contribution in [3.05, 3.63) is 0 Å². The summed E-state index contributed by atoms with van der Waals surface area (Å²) in [6.07, 6.45) is 0.423. The first kappa shape index (κ1) is 4.16. The van der Waals surface area contributed by atoms with E-state index in [2.05, 4.69) is 4.74 Å². The normalized spacial score (nSPS) is 14.6. The van der Waals surface area contributed by atoms with Gasteiger partial charge in [0.2, 0.25) is 0 Å². The van der Waals surface area contributed by atoms with Crippen molar-refractivity contribution in [3.8, 4) is 0 Å². The first-order valence-corrected chi connectivity index (χ1v) is 3.20. The molecule has 0 heterocycles. The summed E-state index contributed by atoms with van der Waals surface area (Å²) >= 11 is 0.967. The van der Waals surface area contributed by atoms with Crippen LogP contribution >= 0.6 is 11.8 Å². The van der Waals surface area contributed by atoms with Crippen LogP contribution in [-0.4, -0.2) is 24.6 Å². The van der Waals surface area contributed by atoms with E-state index in [1.165, 1.54) is 0 Å². The summed E-state index contributed by atoms with van der Waals surface area (Å²) in [6.45, 7) is 0. The van der Waals surface area contributed by atoms with Crippen LogP contribution in [-0.2, 0) is 4.74 Å². The van der Waals surface area contributed by atoms with Crippen molar-refractivity contribution in [2.45, 2.75) is 0 Å². The van der Waals surface area contributed by atoms with Gasteiger partial charge >= 0.3 is 6.09 Å². The minimum Gasteiger partial charge on any atom is -0.453 e. The molecule has 0 spiro atoms. The highest BCUT2D eigenvalue weighted by Gasteiger charge is 1.99. The molecule has 0 aliphatic rings. The van der Waals surface area contributed by atoms with Crippen LogP contribution in [0.25, 0.3) is 0 Å². The van der Waals surface area contributed by atoms with Gasteiger partial charge in [-0.05, 0) is 6.26 Å². The van der Waals surface area contributed by atoms with Crippen LogP contribution in [0.15, 0.2) is 0 Å². The quantitative estimate of drug-likeness (QED) is 0.394. The van der Waals surface area contributed by atoms with E-state index in [0.717, 1.165) is 11.8 Å². The Morgan fingerprint density at radius 3 is 3.11 bits per heavy atom. The number of hydrogen-bond acceptors (Lipinski definition) is 4. The molecule has 0 aliphatic heterocycles. The molecule has 0 aromatic rings. The van der Waals surface area contributed by atoms with E-state index in [1.54, 1.807) is 6.26 Å². The third-order valence-electron chi connectivity index (χ3n) is 0.512. The van der Waals surface area contributed by atoms with Gasteiger partial charge < -0.3 is 4.74 Å². The summed E-state index contributed by atoms with van der Waals surface area (Å²) in [5, 5.41) is 8.69. The molecule has 4 nitrogen and oxygen atoms in total. The van der Waals surface area contributed by atoms with Crippen molar-refractivity contribution in [2.75, 3.05) is 13.3 Å². The Balaban J connectivity index is 3.83. The second-order valence-corrected chi connectivity index (χ2v) is 1.86. The summed E-state index contributed by atoms with van der Waals surface area (Å²) in [6, 6.07) is 0. The highest BCUT2D eigenvalue weighted by Crippen LogP contribution is 1.89. The van der Waals surface area contributed by atoms with Gasteiger partial charge in [0.1, 0.15) is 0 Å². The number of amidine groups is 1. The molecule has 0 atom stereocenters. The molecule has 0 saturated carbocycles. The number of amides is 1. The molecule has 0 fully saturated rings. The zero-order valence-electron chi connectivity index (χ0n) is 7.72. The SMILES string of the molecule is [2H]C([2H])([2H])OC(=O)NC(=N)SC. The molecule has 0 bridgehead atoms. The standard InChI is InChI=1S/C4H8N2O2S/c1-8-4(7)6-3(5)9-2/h1-2H3,(H2,5,6,7)/i1D3. The zero-order chi connectivity index (χ0) is 9.78. The maximum atomic E-state index is 10.6. The molecule has 0 aliphatic carbocycles. The molecule has 2 N–H and O–H groups in total. The summed E-state index contributed by atoms with van der Waals surface area (Å²) in [5.74, 6) is 0. The van der Waals surface area contributed by atoms with E-state index in [9.17, 15) is 4.79 Å². The Kier molecular flexibility index (Phi) is 1.94. The number of rotatable bonds is 0. The lowest BCUT2D eigenvalue weighted by molar-refractivity contribution is 0.177. The first-order valence-electron chi connectivity index (χ1n) is 3.47.